The van der Waals surface area contributed by atoms with Gasteiger partial charge in [-0.2, -0.15) is 0 Å². The lowest BCUT2D eigenvalue weighted by Gasteiger charge is -2.17. The van der Waals surface area contributed by atoms with E-state index in [4.69, 9.17) is 16.7 Å². The summed E-state index contributed by atoms with van der Waals surface area (Å²) in [6, 6.07) is 15.6. The summed E-state index contributed by atoms with van der Waals surface area (Å²) in [6.07, 6.45) is 0. The molecule has 0 aromatic heterocycles. The molecule has 0 bridgehead atoms. The molecular formula is C26H29ClN2O3S. The monoisotopic (exact) mass is 484 g/mol. The van der Waals surface area contributed by atoms with Gasteiger partial charge in [0, 0.05) is 22.2 Å². The molecule has 3 rings (SSSR count). The average Bonchev–Trinajstić information content (AvgIpc) is 2.77. The Morgan fingerprint density at radius 3 is 2.30 bits per heavy atom. The van der Waals surface area contributed by atoms with E-state index < -0.39 is 18.6 Å². The van der Waals surface area contributed by atoms with E-state index in [1.165, 1.54) is 0 Å². The van der Waals surface area contributed by atoms with Gasteiger partial charge in [-0.05, 0) is 103 Å². The number of rotatable bonds is 9. The number of carboxylic acids is 1. The summed E-state index contributed by atoms with van der Waals surface area (Å²) in [4.78, 5) is 12.3. The third-order valence-corrected chi connectivity index (χ3v) is 7.04. The van der Waals surface area contributed by atoms with E-state index in [1.54, 1.807) is 11.9 Å². The zero-order valence-electron chi connectivity index (χ0n) is 19.2. The molecule has 0 amide bonds. The van der Waals surface area contributed by atoms with Crippen molar-refractivity contribution in [2.45, 2.75) is 45.2 Å². The first-order valence-electron chi connectivity index (χ1n) is 10.7. The standard InChI is InChI=1S/C26H29ClN2O3S/c1-15-8-20(9-16(2)22(15)13-28-24(14-30)26(31)32)19-6-5-7-21(12-19)29-33-25-11-17(3)23(27)10-18(25)4/h5-12,24,28-30H,13-14H2,1-4H3,(H,31,32)/t24-/m1/s1. The van der Waals surface area contributed by atoms with Crippen LogP contribution >= 0.6 is 23.5 Å². The van der Waals surface area contributed by atoms with E-state index in [-0.39, 0.29) is 0 Å². The summed E-state index contributed by atoms with van der Waals surface area (Å²) >= 11 is 7.78. The number of carbonyl (C=O) groups is 1. The van der Waals surface area contributed by atoms with Crippen molar-refractivity contribution >= 4 is 35.2 Å². The van der Waals surface area contributed by atoms with Crippen LogP contribution in [0.3, 0.4) is 0 Å². The Morgan fingerprint density at radius 1 is 0.970 bits per heavy atom. The van der Waals surface area contributed by atoms with Gasteiger partial charge in [0.1, 0.15) is 6.04 Å². The van der Waals surface area contributed by atoms with Crippen LogP contribution in [-0.2, 0) is 11.3 Å². The second-order valence-corrected chi connectivity index (χ2v) is 9.45. The number of aliphatic hydroxyl groups is 1. The van der Waals surface area contributed by atoms with E-state index in [2.05, 4.69) is 40.4 Å². The quantitative estimate of drug-likeness (QED) is 0.283. The molecule has 1 atom stereocenters. The first kappa shape index (κ1) is 25.1. The van der Waals surface area contributed by atoms with Crippen LogP contribution in [0.25, 0.3) is 11.1 Å². The highest BCUT2D eigenvalue weighted by Gasteiger charge is 2.16. The van der Waals surface area contributed by atoms with Gasteiger partial charge in [0.15, 0.2) is 0 Å². The molecule has 0 aliphatic carbocycles. The molecule has 33 heavy (non-hydrogen) atoms. The zero-order valence-corrected chi connectivity index (χ0v) is 20.8. The molecule has 7 heteroatoms. The van der Waals surface area contributed by atoms with Gasteiger partial charge in [0.2, 0.25) is 0 Å². The maximum atomic E-state index is 11.2. The smallest absolute Gasteiger partial charge is 0.323 e. The Morgan fingerprint density at radius 2 is 1.67 bits per heavy atom. The van der Waals surface area contributed by atoms with Gasteiger partial charge >= 0.3 is 5.97 Å². The van der Waals surface area contributed by atoms with E-state index in [0.29, 0.717) is 6.54 Å². The molecule has 0 aliphatic heterocycles. The van der Waals surface area contributed by atoms with Crippen molar-refractivity contribution in [3.05, 3.63) is 81.4 Å². The molecule has 4 N–H and O–H groups in total. The van der Waals surface area contributed by atoms with E-state index in [0.717, 1.165) is 54.5 Å². The lowest BCUT2D eigenvalue weighted by atomic mass is 9.95. The maximum absolute atomic E-state index is 11.2. The summed E-state index contributed by atoms with van der Waals surface area (Å²) in [5.74, 6) is -1.06. The fraction of sp³-hybridized carbons (Fsp3) is 0.269. The third kappa shape index (κ3) is 6.30. The van der Waals surface area contributed by atoms with Crippen molar-refractivity contribution < 1.29 is 15.0 Å². The van der Waals surface area contributed by atoms with Crippen LogP contribution in [0, 0.1) is 27.7 Å². The zero-order chi connectivity index (χ0) is 24.1. The van der Waals surface area contributed by atoms with Crippen molar-refractivity contribution in [2.75, 3.05) is 11.3 Å². The summed E-state index contributed by atoms with van der Waals surface area (Å²) in [5.41, 5.74) is 8.54. The predicted molar refractivity (Wildman–Crippen MR) is 137 cm³/mol. The van der Waals surface area contributed by atoms with Crippen molar-refractivity contribution in [1.29, 1.82) is 0 Å². The van der Waals surface area contributed by atoms with Gasteiger partial charge in [-0.1, -0.05) is 35.9 Å². The van der Waals surface area contributed by atoms with Gasteiger partial charge in [-0.15, -0.1) is 0 Å². The first-order valence-corrected chi connectivity index (χ1v) is 11.9. The van der Waals surface area contributed by atoms with Gasteiger partial charge in [0.25, 0.3) is 0 Å². The minimum absolute atomic E-state index is 0.383. The van der Waals surface area contributed by atoms with Crippen LogP contribution in [0.4, 0.5) is 5.69 Å². The van der Waals surface area contributed by atoms with Crippen molar-refractivity contribution in [3.63, 3.8) is 0 Å². The Bertz CT molecular complexity index is 1140. The number of hydrogen-bond acceptors (Lipinski definition) is 5. The lowest BCUT2D eigenvalue weighted by molar-refractivity contribution is -0.140. The number of benzene rings is 3. The van der Waals surface area contributed by atoms with E-state index in [1.807, 2.05) is 45.9 Å². The summed E-state index contributed by atoms with van der Waals surface area (Å²) in [7, 11) is 0. The highest BCUT2D eigenvalue weighted by Crippen LogP contribution is 2.31. The van der Waals surface area contributed by atoms with Crippen molar-refractivity contribution in [1.82, 2.24) is 5.32 Å². The molecule has 0 saturated carbocycles. The first-order chi connectivity index (χ1) is 15.7. The molecule has 0 radical (unpaired) electrons. The van der Waals surface area contributed by atoms with E-state index >= 15 is 0 Å². The topological polar surface area (TPSA) is 81.6 Å². The second-order valence-electron chi connectivity index (χ2n) is 8.19. The molecule has 0 unspecified atom stereocenters. The fourth-order valence-electron chi connectivity index (χ4n) is 3.63. The highest BCUT2D eigenvalue weighted by molar-refractivity contribution is 8.00. The number of nitrogens with one attached hydrogen (secondary N) is 2. The molecule has 0 heterocycles. The van der Waals surface area contributed by atoms with Crippen LogP contribution in [0.15, 0.2) is 53.4 Å². The van der Waals surface area contributed by atoms with Crippen molar-refractivity contribution in [3.8, 4) is 11.1 Å². The van der Waals surface area contributed by atoms with Crippen LogP contribution < -0.4 is 10.0 Å². The number of aliphatic carboxylic acids is 1. The van der Waals surface area contributed by atoms with Gasteiger partial charge in [-0.25, -0.2) is 0 Å². The van der Waals surface area contributed by atoms with Gasteiger partial charge in [0.05, 0.1) is 6.61 Å². The van der Waals surface area contributed by atoms with Crippen LogP contribution in [0.2, 0.25) is 5.02 Å². The van der Waals surface area contributed by atoms with Crippen LogP contribution in [0.5, 0.6) is 0 Å². The summed E-state index contributed by atoms with van der Waals surface area (Å²) < 4.78 is 3.43. The Labute approximate surface area is 204 Å². The van der Waals surface area contributed by atoms with Crippen LogP contribution in [0.1, 0.15) is 27.8 Å². The number of carboxylic acid groups (broad SMARTS) is 1. The molecule has 174 valence electrons. The number of aliphatic hydroxyl groups excluding tert-OH is 1. The molecule has 5 nitrogen and oxygen atoms in total. The molecule has 0 spiro atoms. The van der Waals surface area contributed by atoms with Crippen LogP contribution in [-0.4, -0.2) is 28.8 Å². The second kappa shape index (κ2) is 11.1. The SMILES string of the molecule is Cc1cc(SNc2cccc(-c3cc(C)c(CN[C@H](CO)C(=O)O)c(C)c3)c2)c(C)cc1Cl. The molecule has 3 aromatic rings. The Hall–Kier alpha value is -2.51. The van der Waals surface area contributed by atoms with Gasteiger partial charge < -0.3 is 14.9 Å². The third-order valence-electron chi connectivity index (χ3n) is 5.63. The number of halogens is 1. The van der Waals surface area contributed by atoms with Crippen molar-refractivity contribution in [2.24, 2.45) is 0 Å². The predicted octanol–water partition coefficient (Wildman–Crippen LogP) is 5.89. The normalized spacial score (nSPS) is 11.9. The molecule has 0 saturated heterocycles. The number of aryl methyl sites for hydroxylation is 4. The fourth-order valence-corrected chi connectivity index (χ4v) is 4.66. The number of hydrogen-bond donors (Lipinski definition) is 4. The van der Waals surface area contributed by atoms with Gasteiger partial charge in [-0.3, -0.25) is 10.1 Å². The average molecular weight is 485 g/mol. The maximum Gasteiger partial charge on any atom is 0.323 e. The Balaban J connectivity index is 1.77. The Kier molecular flexibility index (Phi) is 8.43. The molecule has 0 fully saturated rings. The summed E-state index contributed by atoms with van der Waals surface area (Å²) in [6.45, 7) is 8.03. The highest BCUT2D eigenvalue weighted by atomic mass is 35.5. The number of anilines is 1. The molecular weight excluding hydrogens is 456 g/mol. The largest absolute Gasteiger partial charge is 0.480 e. The summed E-state index contributed by atoms with van der Waals surface area (Å²) in [5, 5.41) is 22.0. The minimum Gasteiger partial charge on any atom is -0.480 e. The molecule has 3 aromatic carbocycles. The lowest BCUT2D eigenvalue weighted by Crippen LogP contribution is -2.39. The van der Waals surface area contributed by atoms with E-state index in [9.17, 15) is 9.90 Å². The molecule has 0 aliphatic rings. The minimum atomic E-state index is -1.06.